The summed E-state index contributed by atoms with van der Waals surface area (Å²) < 4.78 is 34.0. The summed E-state index contributed by atoms with van der Waals surface area (Å²) in [5, 5.41) is 9.14. The Morgan fingerprint density at radius 2 is 0.689 bits per heavy atom. The van der Waals surface area contributed by atoms with Crippen LogP contribution in [0.5, 0.6) is 0 Å². The van der Waals surface area contributed by atoms with Crippen LogP contribution in [0.3, 0.4) is 0 Å². The lowest BCUT2D eigenvalue weighted by molar-refractivity contribution is 0.0117. The Hall–Kier alpha value is -5.07. The first kappa shape index (κ1) is 68.9. The molecule has 0 saturated heterocycles. The van der Waals surface area contributed by atoms with Crippen LogP contribution in [0.25, 0.3) is 10.4 Å². The lowest BCUT2D eigenvalue weighted by atomic mass is 9.98. The Morgan fingerprint density at radius 3 is 1.00 bits per heavy atom. The summed E-state index contributed by atoms with van der Waals surface area (Å²) >= 11 is 0. The van der Waals surface area contributed by atoms with E-state index in [4.69, 9.17) is 34.0 Å². The number of amides is 6. The van der Waals surface area contributed by atoms with Crippen LogP contribution in [0.2, 0.25) is 0 Å². The van der Waals surface area contributed by atoms with Gasteiger partial charge in [0.25, 0.3) is 0 Å². The lowest BCUT2D eigenvalue weighted by Crippen LogP contribution is -2.45. The van der Waals surface area contributed by atoms with Crippen molar-refractivity contribution in [2.45, 2.75) is 229 Å². The van der Waals surface area contributed by atoms with Gasteiger partial charge in [-0.15, -0.1) is 0 Å². The Kier molecular flexibility index (Phi) is 30.8. The van der Waals surface area contributed by atoms with Gasteiger partial charge in [0.2, 0.25) is 0 Å². The fraction of sp³-hybridized carbons (Fsp3) is 0.887. The molecule has 0 rings (SSSR count). The zero-order valence-corrected chi connectivity index (χ0v) is 49.2. The maximum atomic E-state index is 14.0. The normalized spacial score (nSPS) is 12.2. The molecule has 0 aliphatic carbocycles. The number of nitrogens with zero attached hydrogens (tertiary/aromatic N) is 7. The van der Waals surface area contributed by atoms with Crippen LogP contribution < -0.4 is 10.6 Å². The molecule has 0 aliphatic heterocycles. The van der Waals surface area contributed by atoms with Crippen LogP contribution in [-0.4, -0.2) is 162 Å². The van der Waals surface area contributed by atoms with E-state index in [1.807, 2.05) is 41.5 Å². The Labute approximate surface area is 445 Å². The van der Waals surface area contributed by atoms with Crippen molar-refractivity contribution in [3.63, 3.8) is 0 Å². The van der Waals surface area contributed by atoms with Crippen molar-refractivity contribution in [1.82, 2.24) is 30.2 Å². The largest absolute Gasteiger partial charge is 0.444 e. The predicted octanol–water partition coefficient (Wildman–Crippen LogP) is 12.2. The summed E-state index contributed by atoms with van der Waals surface area (Å²) in [6.07, 6.45) is 3.84. The van der Waals surface area contributed by atoms with E-state index in [9.17, 15) is 28.8 Å². The van der Waals surface area contributed by atoms with Crippen molar-refractivity contribution < 1.29 is 57.2 Å². The Bertz CT molecular complexity index is 1620. The zero-order chi connectivity index (χ0) is 57.0. The molecule has 21 heteroatoms. The van der Waals surface area contributed by atoms with Gasteiger partial charge in [0.15, 0.2) is 0 Å². The second kappa shape index (κ2) is 33.1. The number of rotatable bonds is 29. The zero-order valence-electron chi connectivity index (χ0n) is 49.2. The van der Waals surface area contributed by atoms with E-state index in [-0.39, 0.29) is 32.1 Å². The SMILES string of the molecule is CC(C)(C)OC(=O)NCCCN(CCCCN(CC(CCCCCCN=[N+]=[N-])CN(CCCCN(CCCNC(=O)OC(C)(C)C)C(=O)OC(C)(C)C)C(=O)OC(C)(C)C)C(=O)OC(C)(C)C)C(=O)OC(C)(C)C. The van der Waals surface area contributed by atoms with E-state index < -0.39 is 70.2 Å². The van der Waals surface area contributed by atoms with E-state index in [2.05, 4.69) is 20.7 Å². The van der Waals surface area contributed by atoms with E-state index >= 15 is 0 Å². The molecule has 0 aromatic carbocycles. The second-order valence-electron chi connectivity index (χ2n) is 24.8. The van der Waals surface area contributed by atoms with Crippen molar-refractivity contribution in [1.29, 1.82) is 0 Å². The van der Waals surface area contributed by atoms with Gasteiger partial charge < -0.3 is 58.7 Å². The molecule has 0 spiro atoms. The molecule has 0 aromatic rings. The lowest BCUT2D eigenvalue weighted by Gasteiger charge is -2.34. The van der Waals surface area contributed by atoms with Crippen LogP contribution >= 0.6 is 0 Å². The number of nitrogens with one attached hydrogen (secondary N) is 2. The number of hydrogen-bond donors (Lipinski definition) is 2. The monoisotopic (exact) mass is 1060 g/mol. The maximum Gasteiger partial charge on any atom is 0.410 e. The molecule has 0 atom stereocenters. The highest BCUT2D eigenvalue weighted by Gasteiger charge is 2.30. The van der Waals surface area contributed by atoms with Crippen LogP contribution in [0, 0.1) is 5.92 Å². The van der Waals surface area contributed by atoms with Gasteiger partial charge in [-0.1, -0.05) is 24.4 Å². The fourth-order valence-electron chi connectivity index (χ4n) is 7.05. The van der Waals surface area contributed by atoms with Gasteiger partial charge in [-0.25, -0.2) is 28.8 Å². The summed E-state index contributed by atoms with van der Waals surface area (Å²) in [5.41, 5.74) is 4.43. The minimum atomic E-state index is -0.790. The number of hydrogen-bond acceptors (Lipinski definition) is 13. The number of ether oxygens (including phenoxy) is 6. The maximum absolute atomic E-state index is 14.0. The van der Waals surface area contributed by atoms with Crippen molar-refractivity contribution in [2.75, 3.05) is 72.0 Å². The molecule has 0 radical (unpaired) electrons. The van der Waals surface area contributed by atoms with Crippen LogP contribution in [0.1, 0.15) is 195 Å². The minimum Gasteiger partial charge on any atom is -0.444 e. The number of alkyl carbamates (subject to hydrolysis) is 2. The highest BCUT2D eigenvalue weighted by molar-refractivity contribution is 5.70. The van der Waals surface area contributed by atoms with Crippen molar-refractivity contribution in [2.24, 2.45) is 11.0 Å². The third kappa shape index (κ3) is 39.4. The molecule has 0 bridgehead atoms. The van der Waals surface area contributed by atoms with Crippen molar-refractivity contribution in [3.8, 4) is 0 Å². The molecule has 0 heterocycles. The topological polar surface area (TPSA) is 244 Å². The minimum absolute atomic E-state index is 0.210. The highest BCUT2D eigenvalue weighted by atomic mass is 16.6. The molecular formula is C53H101N9O12. The highest BCUT2D eigenvalue weighted by Crippen LogP contribution is 2.21. The fourth-order valence-corrected chi connectivity index (χ4v) is 7.05. The van der Waals surface area contributed by atoms with E-state index in [0.29, 0.717) is 90.8 Å². The van der Waals surface area contributed by atoms with Crippen LogP contribution in [0.15, 0.2) is 5.11 Å². The molecule has 74 heavy (non-hydrogen) atoms. The summed E-state index contributed by atoms with van der Waals surface area (Å²) in [6.45, 7) is 35.8. The van der Waals surface area contributed by atoms with Gasteiger partial charge in [0, 0.05) is 76.9 Å². The third-order valence-corrected chi connectivity index (χ3v) is 10.0. The first-order valence-electron chi connectivity index (χ1n) is 26.7. The van der Waals surface area contributed by atoms with E-state index in [1.165, 1.54) is 0 Å². The molecule has 0 saturated carbocycles. The van der Waals surface area contributed by atoms with E-state index in [1.54, 1.807) is 103 Å². The summed E-state index contributed by atoms with van der Waals surface area (Å²) in [5.74, 6) is -0.210. The molecular weight excluding hydrogens is 955 g/mol. The van der Waals surface area contributed by atoms with Crippen LogP contribution in [-0.2, 0) is 28.4 Å². The quantitative estimate of drug-likeness (QED) is 0.0234. The molecule has 430 valence electrons. The van der Waals surface area contributed by atoms with Crippen LogP contribution in [0.4, 0.5) is 28.8 Å². The first-order valence-corrected chi connectivity index (χ1v) is 26.7. The summed E-state index contributed by atoms with van der Waals surface area (Å²) in [7, 11) is 0. The van der Waals surface area contributed by atoms with Gasteiger partial charge >= 0.3 is 36.6 Å². The molecule has 0 unspecified atom stereocenters. The molecule has 2 N–H and O–H groups in total. The Balaban J connectivity index is 6.54. The molecule has 0 fully saturated rings. The van der Waals surface area contributed by atoms with Gasteiger partial charge in [0.1, 0.15) is 33.6 Å². The van der Waals surface area contributed by atoms with Crippen molar-refractivity contribution >= 4 is 36.6 Å². The summed E-state index contributed by atoms with van der Waals surface area (Å²) in [6, 6.07) is 0. The second-order valence-corrected chi connectivity index (χ2v) is 24.8. The van der Waals surface area contributed by atoms with E-state index in [0.717, 1.165) is 25.7 Å². The standard InChI is InChI=1S/C53H101N9O12/c1-48(2,3)69-42(63)55-30-27-37-59(44(65)71-50(7,8)9)33-23-25-35-61(46(67)73-52(13,14)15)39-41(29-21-19-20-22-32-57-58-54)40-62(47(68)74-53(16,17)18)36-26-24-34-60(45(66)72-51(10,11)12)38-28-31-56-43(64)70-49(4,5)6/h41H,19-40H2,1-18H3,(H,55,63)(H,56,64). The smallest absolute Gasteiger partial charge is 0.410 e. The first-order chi connectivity index (χ1) is 33.9. The number of unbranched alkanes of at least 4 members (excludes halogenated alkanes) is 5. The predicted molar refractivity (Wildman–Crippen MR) is 288 cm³/mol. The summed E-state index contributed by atoms with van der Waals surface area (Å²) in [4.78, 5) is 88.8. The molecule has 21 nitrogen and oxygen atoms in total. The van der Waals surface area contributed by atoms with Gasteiger partial charge in [-0.3, -0.25) is 0 Å². The molecule has 6 amide bonds. The average Bonchev–Trinajstić information content (AvgIpc) is 3.19. The molecule has 0 aliphatic rings. The van der Waals surface area contributed by atoms with Crippen molar-refractivity contribution in [3.05, 3.63) is 10.4 Å². The third-order valence-electron chi connectivity index (χ3n) is 10.0. The van der Waals surface area contributed by atoms with Gasteiger partial charge in [-0.05, 0) is 187 Å². The average molecular weight is 1060 g/mol. The van der Waals surface area contributed by atoms with Gasteiger partial charge in [-0.2, -0.15) is 0 Å². The number of azide groups is 1. The number of carbonyl (C=O) groups is 6. The van der Waals surface area contributed by atoms with Gasteiger partial charge in [0.05, 0.1) is 0 Å². The molecule has 0 aromatic heterocycles. The Morgan fingerprint density at radius 1 is 0.405 bits per heavy atom. The number of carbonyl (C=O) groups excluding carboxylic acids is 6.